The predicted octanol–water partition coefficient (Wildman–Crippen LogP) is 1.29. The second-order valence-corrected chi connectivity index (χ2v) is 5.94. The van der Waals surface area contributed by atoms with Crippen molar-refractivity contribution in [3.63, 3.8) is 0 Å². The van der Waals surface area contributed by atoms with Gasteiger partial charge in [0.2, 0.25) is 0 Å². The van der Waals surface area contributed by atoms with Crippen molar-refractivity contribution >= 4 is 12.2 Å². The summed E-state index contributed by atoms with van der Waals surface area (Å²) in [5.41, 5.74) is 2.43. The van der Waals surface area contributed by atoms with Crippen molar-refractivity contribution in [3.8, 4) is 0 Å². The minimum Gasteiger partial charge on any atom is -0.336 e. The van der Waals surface area contributed by atoms with E-state index in [1.54, 1.807) is 18.7 Å². The van der Waals surface area contributed by atoms with E-state index in [4.69, 9.17) is 9.47 Å². The largest absolute Gasteiger partial charge is 0.336 e. The molecular formula is C16H19NO4. The van der Waals surface area contributed by atoms with E-state index in [9.17, 15) is 9.59 Å². The number of hydrogen-bond donors (Lipinski definition) is 0. The van der Waals surface area contributed by atoms with Crippen molar-refractivity contribution in [2.75, 3.05) is 6.54 Å². The second-order valence-electron chi connectivity index (χ2n) is 5.94. The minimum atomic E-state index is -0.903. The Balaban J connectivity index is 1.76. The van der Waals surface area contributed by atoms with Crippen molar-refractivity contribution < 1.29 is 19.1 Å². The molecule has 2 atom stereocenters. The number of aldehydes is 1. The monoisotopic (exact) mass is 289 g/mol. The molecule has 0 aromatic heterocycles. The molecule has 112 valence electrons. The maximum absolute atomic E-state index is 12.6. The number of hydrogen-bond acceptors (Lipinski definition) is 4. The molecule has 5 heteroatoms. The zero-order valence-corrected chi connectivity index (χ0v) is 12.2. The van der Waals surface area contributed by atoms with Gasteiger partial charge in [0.25, 0.3) is 5.91 Å². The van der Waals surface area contributed by atoms with Crippen molar-refractivity contribution in [1.82, 2.24) is 4.90 Å². The van der Waals surface area contributed by atoms with Gasteiger partial charge >= 0.3 is 0 Å². The molecule has 2 aliphatic rings. The van der Waals surface area contributed by atoms with Crippen LogP contribution in [0.4, 0.5) is 0 Å². The third-order valence-corrected chi connectivity index (χ3v) is 3.95. The second kappa shape index (κ2) is 5.24. The lowest BCUT2D eigenvalue weighted by molar-refractivity contribution is -0.162. The maximum atomic E-state index is 12.6. The highest BCUT2D eigenvalue weighted by atomic mass is 16.8. The van der Waals surface area contributed by atoms with Gasteiger partial charge in [-0.1, -0.05) is 24.3 Å². The van der Waals surface area contributed by atoms with Crippen LogP contribution in [0.2, 0.25) is 0 Å². The van der Waals surface area contributed by atoms with Gasteiger partial charge in [-0.3, -0.25) is 4.79 Å². The average molecular weight is 289 g/mol. The van der Waals surface area contributed by atoms with Gasteiger partial charge in [0.15, 0.2) is 24.3 Å². The lowest BCUT2D eigenvalue weighted by Crippen LogP contribution is -2.46. The van der Waals surface area contributed by atoms with E-state index in [1.807, 2.05) is 18.2 Å². The Morgan fingerprint density at radius 1 is 1.29 bits per heavy atom. The topological polar surface area (TPSA) is 55.8 Å². The lowest BCUT2D eigenvalue weighted by atomic mass is 9.99. The number of carbonyl (C=O) groups excluding carboxylic acids is 2. The molecule has 1 saturated heterocycles. The van der Waals surface area contributed by atoms with Crippen LogP contribution in [-0.4, -0.2) is 41.6 Å². The normalized spacial score (nSPS) is 27.2. The Hall–Kier alpha value is -1.72. The Labute approximate surface area is 123 Å². The van der Waals surface area contributed by atoms with Gasteiger partial charge in [-0.05, 0) is 31.4 Å². The number of carbonyl (C=O) groups is 2. The smallest absolute Gasteiger partial charge is 0.255 e. The molecule has 0 bridgehead atoms. The summed E-state index contributed by atoms with van der Waals surface area (Å²) >= 11 is 0. The van der Waals surface area contributed by atoms with Gasteiger partial charge in [0.05, 0.1) is 0 Å². The van der Waals surface area contributed by atoms with E-state index in [1.165, 1.54) is 5.56 Å². The van der Waals surface area contributed by atoms with Crippen LogP contribution in [0.5, 0.6) is 0 Å². The summed E-state index contributed by atoms with van der Waals surface area (Å²) in [7, 11) is 0. The maximum Gasteiger partial charge on any atom is 0.255 e. The summed E-state index contributed by atoms with van der Waals surface area (Å²) in [4.78, 5) is 25.5. The molecule has 2 heterocycles. The van der Waals surface area contributed by atoms with Crippen LogP contribution in [0, 0.1) is 0 Å². The first-order chi connectivity index (χ1) is 10.00. The molecule has 1 aromatic carbocycles. The number of fused-ring (bicyclic) bond motifs is 1. The van der Waals surface area contributed by atoms with E-state index >= 15 is 0 Å². The predicted molar refractivity (Wildman–Crippen MR) is 75.5 cm³/mol. The molecule has 1 aromatic rings. The number of rotatable bonds is 2. The van der Waals surface area contributed by atoms with E-state index in [-0.39, 0.29) is 5.91 Å². The fourth-order valence-electron chi connectivity index (χ4n) is 2.94. The summed E-state index contributed by atoms with van der Waals surface area (Å²) in [6, 6.07) is 8.10. The van der Waals surface area contributed by atoms with Crippen molar-refractivity contribution in [3.05, 3.63) is 35.4 Å². The van der Waals surface area contributed by atoms with Crippen LogP contribution in [0.1, 0.15) is 25.0 Å². The number of ether oxygens (including phenoxy) is 2. The van der Waals surface area contributed by atoms with Crippen LogP contribution in [0.15, 0.2) is 24.3 Å². The average Bonchev–Trinajstić information content (AvgIpc) is 2.81. The highest BCUT2D eigenvalue weighted by Crippen LogP contribution is 2.29. The fraction of sp³-hybridized carbons (Fsp3) is 0.500. The molecule has 21 heavy (non-hydrogen) atoms. The standard InChI is InChI=1S/C16H19NO4/c1-16(2)20-13(10-18)14(21-16)15(19)17-8-7-11-5-3-4-6-12(11)9-17/h3-6,10,13-14H,7-9H2,1-2H3/t13-,14+/m0/s1. The first kappa shape index (κ1) is 14.2. The van der Waals surface area contributed by atoms with E-state index in [0.717, 1.165) is 12.0 Å². The summed E-state index contributed by atoms with van der Waals surface area (Å²) in [6.07, 6.45) is -0.202. The van der Waals surface area contributed by atoms with Crippen LogP contribution in [0.3, 0.4) is 0 Å². The van der Waals surface area contributed by atoms with Gasteiger partial charge in [-0.2, -0.15) is 0 Å². The zero-order valence-electron chi connectivity index (χ0n) is 12.2. The summed E-state index contributed by atoms with van der Waals surface area (Å²) in [5, 5.41) is 0. The van der Waals surface area contributed by atoms with Crippen molar-refractivity contribution in [2.45, 2.75) is 44.8 Å². The molecule has 2 aliphatic heterocycles. The molecule has 0 aliphatic carbocycles. The van der Waals surface area contributed by atoms with Gasteiger partial charge < -0.3 is 19.2 Å². The van der Waals surface area contributed by atoms with E-state index < -0.39 is 18.0 Å². The Morgan fingerprint density at radius 3 is 2.71 bits per heavy atom. The zero-order chi connectivity index (χ0) is 15.0. The highest BCUT2D eigenvalue weighted by molar-refractivity contribution is 5.85. The molecule has 0 spiro atoms. The van der Waals surface area contributed by atoms with Crippen LogP contribution < -0.4 is 0 Å². The first-order valence-electron chi connectivity index (χ1n) is 7.17. The fourth-order valence-corrected chi connectivity index (χ4v) is 2.94. The summed E-state index contributed by atoms with van der Waals surface area (Å²) in [5.74, 6) is -1.08. The van der Waals surface area contributed by atoms with Gasteiger partial charge in [-0.15, -0.1) is 0 Å². The number of nitrogens with zero attached hydrogens (tertiary/aromatic N) is 1. The number of amides is 1. The van der Waals surface area contributed by atoms with Crippen LogP contribution in [-0.2, 0) is 32.0 Å². The van der Waals surface area contributed by atoms with Crippen molar-refractivity contribution in [2.24, 2.45) is 0 Å². The molecule has 3 rings (SSSR count). The molecule has 5 nitrogen and oxygen atoms in total. The van der Waals surface area contributed by atoms with Crippen LogP contribution in [0.25, 0.3) is 0 Å². The minimum absolute atomic E-state index is 0.174. The third-order valence-electron chi connectivity index (χ3n) is 3.95. The Bertz CT molecular complexity index is 569. The molecule has 0 unspecified atom stereocenters. The lowest BCUT2D eigenvalue weighted by Gasteiger charge is -2.31. The molecule has 1 amide bonds. The molecular weight excluding hydrogens is 270 g/mol. The van der Waals surface area contributed by atoms with Gasteiger partial charge in [0.1, 0.15) is 0 Å². The first-order valence-corrected chi connectivity index (χ1v) is 7.17. The molecule has 0 radical (unpaired) electrons. The van der Waals surface area contributed by atoms with Crippen LogP contribution >= 0.6 is 0 Å². The Kier molecular flexibility index (Phi) is 3.55. The van der Waals surface area contributed by atoms with Gasteiger partial charge in [-0.25, -0.2) is 0 Å². The SMILES string of the molecule is CC1(C)O[C@@H](C=O)[C@H](C(=O)N2CCc3ccccc3C2)O1. The van der Waals surface area contributed by atoms with E-state index in [0.29, 0.717) is 19.4 Å². The van der Waals surface area contributed by atoms with E-state index in [2.05, 4.69) is 6.07 Å². The van der Waals surface area contributed by atoms with Gasteiger partial charge in [0, 0.05) is 13.1 Å². The summed E-state index contributed by atoms with van der Waals surface area (Å²) < 4.78 is 11.1. The third kappa shape index (κ3) is 2.71. The number of benzene rings is 1. The quantitative estimate of drug-likeness (QED) is 0.770. The highest BCUT2D eigenvalue weighted by Gasteiger charge is 2.46. The summed E-state index contributed by atoms with van der Waals surface area (Å²) in [6.45, 7) is 4.62. The Morgan fingerprint density at radius 2 is 2.00 bits per heavy atom. The molecule has 1 fully saturated rings. The van der Waals surface area contributed by atoms with Crippen molar-refractivity contribution in [1.29, 1.82) is 0 Å². The molecule has 0 N–H and O–H groups in total. The molecule has 0 saturated carbocycles.